The third-order valence-corrected chi connectivity index (χ3v) is 7.88. The topological polar surface area (TPSA) is 75.7 Å². The van der Waals surface area contributed by atoms with Gasteiger partial charge in [-0.1, -0.05) is 47.5 Å². The summed E-state index contributed by atoms with van der Waals surface area (Å²) >= 11 is 12.0. The lowest BCUT2D eigenvalue weighted by molar-refractivity contribution is -0.126. The zero-order chi connectivity index (χ0) is 21.0. The standard InChI is InChI=1S/C20H22Cl2N2O4S/c1-28-17-7-3-2-5-15(17)13-23-20(25)14-9-11-24(12-10-14)29(26,27)18-8-4-6-16(21)19(18)22/h2-8,14H,9-13H2,1H3,(H,23,25). The van der Waals surface area contributed by atoms with Crippen molar-refractivity contribution in [3.8, 4) is 5.75 Å². The van der Waals surface area contributed by atoms with E-state index in [4.69, 9.17) is 27.9 Å². The number of halogens is 2. The average Bonchev–Trinajstić information content (AvgIpc) is 2.74. The van der Waals surface area contributed by atoms with Crippen LogP contribution in [0.15, 0.2) is 47.4 Å². The first-order valence-electron chi connectivity index (χ1n) is 9.18. The molecule has 156 valence electrons. The Morgan fingerprint density at radius 3 is 2.52 bits per heavy atom. The molecule has 2 aromatic rings. The predicted octanol–water partition coefficient (Wildman–Crippen LogP) is 3.72. The fourth-order valence-electron chi connectivity index (χ4n) is 3.36. The summed E-state index contributed by atoms with van der Waals surface area (Å²) in [7, 11) is -2.17. The molecule has 1 amide bonds. The molecule has 1 fully saturated rings. The van der Waals surface area contributed by atoms with Crippen LogP contribution >= 0.6 is 23.2 Å². The van der Waals surface area contributed by atoms with Crippen LogP contribution in [0.25, 0.3) is 0 Å². The summed E-state index contributed by atoms with van der Waals surface area (Å²) in [6, 6.07) is 12.0. The molecule has 1 aliphatic heterocycles. The smallest absolute Gasteiger partial charge is 0.244 e. The molecular formula is C20H22Cl2N2O4S. The molecule has 0 bridgehead atoms. The Morgan fingerprint density at radius 1 is 1.14 bits per heavy atom. The van der Waals surface area contributed by atoms with Crippen LogP contribution in [-0.2, 0) is 21.4 Å². The number of para-hydroxylation sites is 1. The summed E-state index contributed by atoms with van der Waals surface area (Å²) in [5.41, 5.74) is 0.888. The van der Waals surface area contributed by atoms with Gasteiger partial charge in [0.15, 0.2) is 0 Å². The number of nitrogens with one attached hydrogen (secondary N) is 1. The molecule has 9 heteroatoms. The maximum Gasteiger partial charge on any atom is 0.244 e. The summed E-state index contributed by atoms with van der Waals surface area (Å²) in [6.07, 6.45) is 0.879. The number of nitrogens with zero attached hydrogens (tertiary/aromatic N) is 1. The summed E-state index contributed by atoms with van der Waals surface area (Å²) in [5, 5.41) is 3.13. The van der Waals surface area contributed by atoms with Crippen molar-refractivity contribution in [3.63, 3.8) is 0 Å². The third-order valence-electron chi connectivity index (χ3n) is 5.00. The van der Waals surface area contributed by atoms with Crippen LogP contribution in [0.3, 0.4) is 0 Å². The molecule has 2 aromatic carbocycles. The predicted molar refractivity (Wildman–Crippen MR) is 113 cm³/mol. The van der Waals surface area contributed by atoms with Crippen LogP contribution in [0.5, 0.6) is 5.75 Å². The van der Waals surface area contributed by atoms with Crippen molar-refractivity contribution in [1.82, 2.24) is 9.62 Å². The van der Waals surface area contributed by atoms with Crippen molar-refractivity contribution in [3.05, 3.63) is 58.1 Å². The Bertz CT molecular complexity index is 990. The number of hydrogen-bond donors (Lipinski definition) is 1. The molecule has 0 radical (unpaired) electrons. The maximum atomic E-state index is 12.9. The second-order valence-electron chi connectivity index (χ2n) is 6.76. The van der Waals surface area contributed by atoms with Crippen molar-refractivity contribution in [2.24, 2.45) is 5.92 Å². The molecule has 0 spiro atoms. The second kappa shape index (κ2) is 9.34. The second-order valence-corrected chi connectivity index (χ2v) is 9.45. The van der Waals surface area contributed by atoms with Gasteiger partial charge in [-0.25, -0.2) is 8.42 Å². The Kier molecular flexibility index (Phi) is 7.05. The molecule has 3 rings (SSSR count). The van der Waals surface area contributed by atoms with Crippen molar-refractivity contribution >= 4 is 39.1 Å². The molecule has 0 saturated carbocycles. The normalized spacial score (nSPS) is 15.8. The van der Waals surface area contributed by atoms with Crippen LogP contribution in [0.4, 0.5) is 0 Å². The van der Waals surface area contributed by atoms with Crippen molar-refractivity contribution in [1.29, 1.82) is 0 Å². The van der Waals surface area contributed by atoms with Gasteiger partial charge in [-0.2, -0.15) is 4.31 Å². The molecule has 1 heterocycles. The Labute approximate surface area is 180 Å². The summed E-state index contributed by atoms with van der Waals surface area (Å²) in [5.74, 6) is 0.381. The number of hydrogen-bond acceptors (Lipinski definition) is 4. The number of sulfonamides is 1. The molecule has 0 aliphatic carbocycles. The first-order valence-corrected chi connectivity index (χ1v) is 11.4. The van der Waals surface area contributed by atoms with E-state index in [2.05, 4.69) is 5.32 Å². The maximum absolute atomic E-state index is 12.9. The lowest BCUT2D eigenvalue weighted by atomic mass is 9.97. The Hall–Kier alpha value is -1.80. The van der Waals surface area contributed by atoms with Crippen LogP contribution in [0.1, 0.15) is 18.4 Å². The largest absolute Gasteiger partial charge is 0.496 e. The number of benzene rings is 2. The van der Waals surface area contributed by atoms with E-state index in [0.29, 0.717) is 25.1 Å². The van der Waals surface area contributed by atoms with Gasteiger partial charge in [0.05, 0.1) is 17.2 Å². The number of rotatable bonds is 6. The van der Waals surface area contributed by atoms with Crippen LogP contribution in [0, 0.1) is 5.92 Å². The minimum absolute atomic E-state index is 0.00857. The van der Waals surface area contributed by atoms with Crippen LogP contribution in [0.2, 0.25) is 10.0 Å². The number of piperidine rings is 1. The lowest BCUT2D eigenvalue weighted by Gasteiger charge is -2.30. The molecule has 1 aliphatic rings. The quantitative estimate of drug-likeness (QED) is 0.718. The number of methoxy groups -OCH3 is 1. The molecule has 0 unspecified atom stereocenters. The van der Waals surface area contributed by atoms with Crippen molar-refractivity contribution < 1.29 is 17.9 Å². The third kappa shape index (κ3) is 4.86. The SMILES string of the molecule is COc1ccccc1CNC(=O)C1CCN(S(=O)(=O)c2cccc(Cl)c2Cl)CC1. The fraction of sp³-hybridized carbons (Fsp3) is 0.350. The molecule has 0 atom stereocenters. The Balaban J connectivity index is 1.60. The molecule has 1 N–H and O–H groups in total. The highest BCUT2D eigenvalue weighted by atomic mass is 35.5. The summed E-state index contributed by atoms with van der Waals surface area (Å²) < 4.78 is 32.4. The highest BCUT2D eigenvalue weighted by Crippen LogP contribution is 2.32. The van der Waals surface area contributed by atoms with E-state index in [0.717, 1.165) is 5.56 Å². The Morgan fingerprint density at radius 2 is 1.83 bits per heavy atom. The molecule has 6 nitrogen and oxygen atoms in total. The van der Waals surface area contributed by atoms with Gasteiger partial charge in [0.25, 0.3) is 0 Å². The van der Waals surface area contributed by atoms with E-state index in [1.54, 1.807) is 19.2 Å². The first-order chi connectivity index (χ1) is 13.8. The molecule has 1 saturated heterocycles. The van der Waals surface area contributed by atoms with Gasteiger partial charge in [-0.15, -0.1) is 0 Å². The van der Waals surface area contributed by atoms with Gasteiger partial charge < -0.3 is 10.1 Å². The van der Waals surface area contributed by atoms with Gasteiger partial charge in [-0.3, -0.25) is 4.79 Å². The van der Waals surface area contributed by atoms with Crippen molar-refractivity contribution in [2.75, 3.05) is 20.2 Å². The van der Waals surface area contributed by atoms with E-state index in [1.807, 2.05) is 24.3 Å². The minimum Gasteiger partial charge on any atom is -0.496 e. The zero-order valence-electron chi connectivity index (χ0n) is 15.9. The molecular weight excluding hydrogens is 435 g/mol. The van der Waals surface area contributed by atoms with Gasteiger partial charge in [0, 0.05) is 31.1 Å². The van der Waals surface area contributed by atoms with E-state index < -0.39 is 10.0 Å². The molecule has 0 aromatic heterocycles. The highest BCUT2D eigenvalue weighted by Gasteiger charge is 2.33. The number of amides is 1. The highest BCUT2D eigenvalue weighted by molar-refractivity contribution is 7.89. The lowest BCUT2D eigenvalue weighted by Crippen LogP contribution is -2.42. The van der Waals surface area contributed by atoms with E-state index >= 15 is 0 Å². The van der Waals surface area contributed by atoms with Crippen LogP contribution < -0.4 is 10.1 Å². The minimum atomic E-state index is -3.76. The summed E-state index contributed by atoms with van der Waals surface area (Å²) in [6.45, 7) is 0.856. The van der Waals surface area contributed by atoms with Gasteiger partial charge in [0.2, 0.25) is 15.9 Å². The monoisotopic (exact) mass is 456 g/mol. The number of ether oxygens (including phenoxy) is 1. The van der Waals surface area contributed by atoms with E-state index in [1.165, 1.54) is 10.4 Å². The number of carbonyl (C=O) groups excluding carboxylic acids is 1. The van der Waals surface area contributed by atoms with E-state index in [-0.39, 0.29) is 39.9 Å². The van der Waals surface area contributed by atoms with E-state index in [9.17, 15) is 13.2 Å². The first kappa shape index (κ1) is 21.9. The summed E-state index contributed by atoms with van der Waals surface area (Å²) in [4.78, 5) is 12.5. The number of carbonyl (C=O) groups is 1. The van der Waals surface area contributed by atoms with Crippen LogP contribution in [-0.4, -0.2) is 38.8 Å². The fourth-order valence-corrected chi connectivity index (χ4v) is 5.56. The zero-order valence-corrected chi connectivity index (χ0v) is 18.2. The van der Waals surface area contributed by atoms with Gasteiger partial charge >= 0.3 is 0 Å². The van der Waals surface area contributed by atoms with Crippen molar-refractivity contribution in [2.45, 2.75) is 24.3 Å². The average molecular weight is 457 g/mol. The molecule has 29 heavy (non-hydrogen) atoms. The van der Waals surface area contributed by atoms with Gasteiger partial charge in [0.1, 0.15) is 10.6 Å². The van der Waals surface area contributed by atoms with Gasteiger partial charge in [-0.05, 0) is 31.0 Å².